The molecule has 0 aromatic heterocycles. The molecular formula is C20H17BrINO3S2. The number of thiocarbonyl (C=S) groups is 1. The number of amides is 1. The van der Waals surface area contributed by atoms with Gasteiger partial charge in [-0.25, -0.2) is 0 Å². The van der Waals surface area contributed by atoms with Gasteiger partial charge in [0.1, 0.15) is 10.9 Å². The van der Waals surface area contributed by atoms with Crippen molar-refractivity contribution in [3.05, 3.63) is 60.5 Å². The zero-order chi connectivity index (χ0) is 20.3. The van der Waals surface area contributed by atoms with Crippen molar-refractivity contribution in [1.29, 1.82) is 0 Å². The van der Waals surface area contributed by atoms with Crippen molar-refractivity contribution < 1.29 is 14.3 Å². The van der Waals surface area contributed by atoms with Crippen molar-refractivity contribution in [2.24, 2.45) is 0 Å². The molecule has 28 heavy (non-hydrogen) atoms. The summed E-state index contributed by atoms with van der Waals surface area (Å²) < 4.78 is 14.0. The molecule has 1 aliphatic rings. The van der Waals surface area contributed by atoms with E-state index in [1.165, 1.54) is 15.3 Å². The standard InChI is InChI=1S/C20H17BrINO3S2/c1-3-23-19(24)17(28-20(23)27)10-13-8-15(21)18(16(9-13)25-2)26-11-12-4-6-14(22)7-5-12/h4-10H,3,11H2,1-2H3/b17-10-. The van der Waals surface area contributed by atoms with Gasteiger partial charge in [-0.3, -0.25) is 9.69 Å². The van der Waals surface area contributed by atoms with Crippen LogP contribution in [-0.2, 0) is 11.4 Å². The van der Waals surface area contributed by atoms with E-state index < -0.39 is 0 Å². The Hall–Kier alpha value is -1.10. The van der Waals surface area contributed by atoms with Crippen LogP contribution in [0.3, 0.4) is 0 Å². The molecule has 4 nitrogen and oxygen atoms in total. The van der Waals surface area contributed by atoms with E-state index in [0.717, 1.165) is 15.6 Å². The number of carbonyl (C=O) groups excluding carboxylic acids is 1. The summed E-state index contributed by atoms with van der Waals surface area (Å²) in [6.07, 6.45) is 1.82. The first-order valence-corrected chi connectivity index (χ1v) is 11.5. The maximum absolute atomic E-state index is 12.4. The number of rotatable bonds is 6. The highest BCUT2D eigenvalue weighted by Crippen LogP contribution is 2.39. The van der Waals surface area contributed by atoms with Crippen LogP contribution >= 0.6 is 62.5 Å². The molecule has 1 amide bonds. The average molecular weight is 590 g/mol. The van der Waals surface area contributed by atoms with Gasteiger partial charge in [0.15, 0.2) is 11.5 Å². The number of ether oxygens (including phenoxy) is 2. The van der Waals surface area contributed by atoms with Gasteiger partial charge in [-0.15, -0.1) is 0 Å². The fourth-order valence-corrected chi connectivity index (χ4v) is 4.94. The molecular weight excluding hydrogens is 573 g/mol. The SMILES string of the molecule is CCN1C(=O)/C(=C/c2cc(Br)c(OCc3ccc(I)cc3)c(OC)c2)SC1=S. The Balaban J connectivity index is 1.83. The van der Waals surface area contributed by atoms with Crippen molar-refractivity contribution in [2.45, 2.75) is 13.5 Å². The zero-order valence-corrected chi connectivity index (χ0v) is 20.6. The van der Waals surface area contributed by atoms with E-state index in [1.54, 1.807) is 12.0 Å². The van der Waals surface area contributed by atoms with Crippen molar-refractivity contribution in [3.63, 3.8) is 0 Å². The van der Waals surface area contributed by atoms with Gasteiger partial charge >= 0.3 is 0 Å². The number of hydrogen-bond donors (Lipinski definition) is 0. The molecule has 2 aromatic carbocycles. The van der Waals surface area contributed by atoms with E-state index >= 15 is 0 Å². The second kappa shape index (κ2) is 9.60. The van der Waals surface area contributed by atoms with Gasteiger partial charge in [0, 0.05) is 10.1 Å². The van der Waals surface area contributed by atoms with Crippen LogP contribution in [0.2, 0.25) is 0 Å². The summed E-state index contributed by atoms with van der Waals surface area (Å²) in [5, 5.41) is 0. The molecule has 1 saturated heterocycles. The van der Waals surface area contributed by atoms with Gasteiger partial charge in [0.25, 0.3) is 5.91 Å². The molecule has 1 fully saturated rings. The Morgan fingerprint density at radius 3 is 2.61 bits per heavy atom. The largest absolute Gasteiger partial charge is 0.493 e. The van der Waals surface area contributed by atoms with Gasteiger partial charge in [-0.05, 0) is 86.9 Å². The molecule has 0 saturated carbocycles. The monoisotopic (exact) mass is 589 g/mol. The lowest BCUT2D eigenvalue weighted by atomic mass is 10.1. The number of benzene rings is 2. The van der Waals surface area contributed by atoms with E-state index in [0.29, 0.717) is 33.9 Å². The van der Waals surface area contributed by atoms with E-state index in [1.807, 2.05) is 49.4 Å². The van der Waals surface area contributed by atoms with E-state index in [2.05, 4.69) is 38.5 Å². The summed E-state index contributed by atoms with van der Waals surface area (Å²) in [6, 6.07) is 11.9. The van der Waals surface area contributed by atoms with Crippen LogP contribution in [-0.4, -0.2) is 28.8 Å². The molecule has 0 aliphatic carbocycles. The second-order valence-electron chi connectivity index (χ2n) is 5.88. The molecule has 0 atom stereocenters. The summed E-state index contributed by atoms with van der Waals surface area (Å²) in [5.74, 6) is 1.16. The molecule has 0 N–H and O–H groups in total. The Morgan fingerprint density at radius 1 is 1.29 bits per heavy atom. The van der Waals surface area contributed by atoms with Gasteiger partial charge < -0.3 is 9.47 Å². The van der Waals surface area contributed by atoms with Gasteiger partial charge in [0.05, 0.1) is 16.5 Å². The maximum Gasteiger partial charge on any atom is 0.266 e. The predicted octanol–water partition coefficient (Wildman–Crippen LogP) is 5.86. The number of halogens is 2. The van der Waals surface area contributed by atoms with Crippen LogP contribution in [0.1, 0.15) is 18.1 Å². The van der Waals surface area contributed by atoms with Crippen molar-refractivity contribution >= 4 is 78.8 Å². The highest BCUT2D eigenvalue weighted by atomic mass is 127. The normalized spacial score (nSPS) is 15.4. The Morgan fingerprint density at radius 2 is 2.00 bits per heavy atom. The molecule has 0 radical (unpaired) electrons. The van der Waals surface area contributed by atoms with Gasteiger partial charge in [-0.1, -0.05) is 36.1 Å². The highest BCUT2D eigenvalue weighted by molar-refractivity contribution is 14.1. The van der Waals surface area contributed by atoms with Crippen LogP contribution in [0.15, 0.2) is 45.8 Å². The molecule has 1 aliphatic heterocycles. The first-order chi connectivity index (χ1) is 13.4. The quantitative estimate of drug-likeness (QED) is 0.240. The average Bonchev–Trinajstić information content (AvgIpc) is 2.94. The van der Waals surface area contributed by atoms with Crippen molar-refractivity contribution in [2.75, 3.05) is 13.7 Å². The van der Waals surface area contributed by atoms with Crippen molar-refractivity contribution in [1.82, 2.24) is 4.90 Å². The molecule has 0 unspecified atom stereocenters. The number of hydrogen-bond acceptors (Lipinski definition) is 5. The minimum Gasteiger partial charge on any atom is -0.493 e. The third-order valence-corrected chi connectivity index (χ3v) is 6.72. The van der Waals surface area contributed by atoms with E-state index in [-0.39, 0.29) is 5.91 Å². The minimum absolute atomic E-state index is 0.0633. The molecule has 2 aromatic rings. The van der Waals surface area contributed by atoms with Crippen molar-refractivity contribution in [3.8, 4) is 11.5 Å². The second-order valence-corrected chi connectivity index (χ2v) is 9.65. The highest BCUT2D eigenvalue weighted by Gasteiger charge is 2.30. The lowest BCUT2D eigenvalue weighted by Gasteiger charge is -2.14. The fourth-order valence-electron chi connectivity index (χ4n) is 2.62. The molecule has 1 heterocycles. The number of carbonyl (C=O) groups is 1. The Kier molecular flexibility index (Phi) is 7.41. The van der Waals surface area contributed by atoms with E-state index in [9.17, 15) is 4.79 Å². The van der Waals surface area contributed by atoms with Crippen LogP contribution in [0.25, 0.3) is 6.08 Å². The molecule has 146 valence electrons. The fraction of sp³-hybridized carbons (Fsp3) is 0.200. The lowest BCUT2D eigenvalue weighted by Crippen LogP contribution is -2.27. The lowest BCUT2D eigenvalue weighted by molar-refractivity contribution is -0.121. The van der Waals surface area contributed by atoms with Crippen LogP contribution in [0.5, 0.6) is 11.5 Å². The molecule has 0 bridgehead atoms. The number of likely N-dealkylation sites (N-methyl/N-ethyl adjacent to an activating group) is 1. The van der Waals surface area contributed by atoms with Crippen LogP contribution in [0.4, 0.5) is 0 Å². The Bertz CT molecular complexity index is 947. The summed E-state index contributed by atoms with van der Waals surface area (Å²) in [4.78, 5) is 14.6. The molecule has 3 rings (SSSR count). The Labute approximate surface area is 195 Å². The van der Waals surface area contributed by atoms with Crippen LogP contribution < -0.4 is 9.47 Å². The summed E-state index contributed by atoms with van der Waals surface area (Å²) in [7, 11) is 1.60. The first kappa shape index (κ1) is 21.6. The topological polar surface area (TPSA) is 38.8 Å². The third-order valence-electron chi connectivity index (χ3n) is 4.04. The molecule has 0 spiro atoms. The molecule has 8 heteroatoms. The number of thioether (sulfide) groups is 1. The summed E-state index contributed by atoms with van der Waals surface area (Å²) >= 11 is 12.4. The zero-order valence-electron chi connectivity index (χ0n) is 15.2. The van der Waals surface area contributed by atoms with Gasteiger partial charge in [0.2, 0.25) is 0 Å². The van der Waals surface area contributed by atoms with Crippen LogP contribution in [0, 0.1) is 3.57 Å². The summed E-state index contributed by atoms with van der Waals surface area (Å²) in [6.45, 7) is 2.91. The van der Waals surface area contributed by atoms with Gasteiger partial charge in [-0.2, -0.15) is 0 Å². The predicted molar refractivity (Wildman–Crippen MR) is 130 cm³/mol. The first-order valence-electron chi connectivity index (χ1n) is 8.43. The number of nitrogens with zero attached hydrogens (tertiary/aromatic N) is 1. The summed E-state index contributed by atoms with van der Waals surface area (Å²) in [5.41, 5.74) is 1.91. The third kappa shape index (κ3) is 4.90. The smallest absolute Gasteiger partial charge is 0.266 e. The maximum atomic E-state index is 12.4. The minimum atomic E-state index is -0.0633. The number of methoxy groups -OCH3 is 1. The van der Waals surface area contributed by atoms with E-state index in [4.69, 9.17) is 21.7 Å².